The molecule has 16 heavy (non-hydrogen) atoms. The second-order valence-corrected chi connectivity index (χ2v) is 4.97. The van der Waals surface area contributed by atoms with Crippen LogP contribution < -0.4 is 0 Å². The van der Waals surface area contributed by atoms with E-state index in [1.807, 2.05) is 24.3 Å². The number of hydrogen-bond donors (Lipinski definition) is 0. The van der Waals surface area contributed by atoms with Crippen LogP contribution in [0.4, 0.5) is 0 Å². The van der Waals surface area contributed by atoms with E-state index in [-0.39, 0.29) is 6.61 Å². The van der Waals surface area contributed by atoms with Gasteiger partial charge in [0.05, 0.1) is 11.1 Å². The highest BCUT2D eigenvalue weighted by molar-refractivity contribution is 9.10. The molecule has 86 valence electrons. The zero-order valence-electron chi connectivity index (χ0n) is 8.08. The normalized spacial score (nSPS) is 10.8. The zero-order valence-corrected chi connectivity index (χ0v) is 10.5. The molecular weight excluding hydrogens is 298 g/mol. The molecule has 1 rings (SSSR count). The highest BCUT2D eigenvalue weighted by atomic mass is 79.9. The SMILES string of the molecule is [N-]=[N+]=NS(=O)(=O)OCCc1cccc(Br)c1. The van der Waals surface area contributed by atoms with Crippen molar-refractivity contribution < 1.29 is 12.6 Å². The lowest BCUT2D eigenvalue weighted by molar-refractivity contribution is 0.322. The van der Waals surface area contributed by atoms with Crippen molar-refractivity contribution in [1.82, 2.24) is 0 Å². The van der Waals surface area contributed by atoms with Crippen molar-refractivity contribution in [2.24, 2.45) is 4.52 Å². The molecule has 0 fully saturated rings. The molecule has 0 saturated heterocycles. The summed E-state index contributed by atoms with van der Waals surface area (Å²) >= 11 is 3.29. The number of nitrogens with zero attached hydrogens (tertiary/aromatic N) is 3. The second-order valence-electron chi connectivity index (χ2n) is 2.80. The van der Waals surface area contributed by atoms with Gasteiger partial charge in [0.1, 0.15) is 0 Å². The van der Waals surface area contributed by atoms with Crippen LogP contribution in [0.25, 0.3) is 10.4 Å². The Morgan fingerprint density at radius 3 is 2.88 bits per heavy atom. The average molecular weight is 306 g/mol. The Hall–Kier alpha value is -1.08. The molecule has 0 heterocycles. The van der Waals surface area contributed by atoms with Crippen LogP contribution in [-0.2, 0) is 20.9 Å². The average Bonchev–Trinajstić information content (AvgIpc) is 2.17. The monoisotopic (exact) mass is 305 g/mol. The van der Waals surface area contributed by atoms with Gasteiger partial charge in [0.15, 0.2) is 0 Å². The van der Waals surface area contributed by atoms with Crippen LogP contribution in [0.5, 0.6) is 0 Å². The first-order chi connectivity index (χ1) is 7.53. The van der Waals surface area contributed by atoms with Gasteiger partial charge in [0, 0.05) is 9.38 Å². The molecule has 0 spiro atoms. The number of hydrogen-bond acceptors (Lipinski definition) is 3. The highest BCUT2D eigenvalue weighted by Crippen LogP contribution is 2.12. The highest BCUT2D eigenvalue weighted by Gasteiger charge is 2.07. The van der Waals surface area contributed by atoms with E-state index in [0.29, 0.717) is 6.42 Å². The first kappa shape index (κ1) is 13.0. The molecule has 0 aliphatic carbocycles. The Labute approximate surface area is 101 Å². The summed E-state index contributed by atoms with van der Waals surface area (Å²) in [5.41, 5.74) is 8.87. The largest absolute Gasteiger partial charge is 0.358 e. The summed E-state index contributed by atoms with van der Waals surface area (Å²) in [5.74, 6) is 0. The molecule has 0 aliphatic rings. The first-order valence-corrected chi connectivity index (χ1v) is 6.39. The first-order valence-electron chi connectivity index (χ1n) is 4.24. The smallest absolute Gasteiger partial charge is 0.264 e. The lowest BCUT2D eigenvalue weighted by Gasteiger charge is -2.01. The fourth-order valence-electron chi connectivity index (χ4n) is 1.03. The summed E-state index contributed by atoms with van der Waals surface area (Å²) in [5, 5.41) is 0. The molecule has 0 unspecified atom stereocenters. The quantitative estimate of drug-likeness (QED) is 0.475. The molecule has 8 heteroatoms. The number of benzene rings is 1. The minimum absolute atomic E-state index is 0.0577. The third kappa shape index (κ3) is 4.63. The Bertz CT molecular complexity index is 511. The van der Waals surface area contributed by atoms with Gasteiger partial charge in [0.2, 0.25) is 0 Å². The van der Waals surface area contributed by atoms with E-state index >= 15 is 0 Å². The second kappa shape index (κ2) is 5.86. The molecule has 0 bridgehead atoms. The van der Waals surface area contributed by atoms with Gasteiger partial charge in [-0.15, -0.1) is 0 Å². The van der Waals surface area contributed by atoms with Crippen LogP contribution in [0.1, 0.15) is 5.56 Å². The molecule has 0 radical (unpaired) electrons. The van der Waals surface area contributed by atoms with Crippen molar-refractivity contribution >= 4 is 26.2 Å². The van der Waals surface area contributed by atoms with Crippen LogP contribution >= 0.6 is 15.9 Å². The molecule has 1 aromatic carbocycles. The fourth-order valence-corrected chi connectivity index (χ4v) is 1.90. The summed E-state index contributed by atoms with van der Waals surface area (Å²) in [6, 6.07) is 7.39. The number of halogens is 1. The van der Waals surface area contributed by atoms with Crippen molar-refractivity contribution in [3.63, 3.8) is 0 Å². The van der Waals surface area contributed by atoms with Crippen LogP contribution in [0.15, 0.2) is 33.3 Å². The van der Waals surface area contributed by atoms with Crippen molar-refractivity contribution in [1.29, 1.82) is 0 Å². The Kier molecular flexibility index (Phi) is 4.75. The van der Waals surface area contributed by atoms with Gasteiger partial charge in [-0.05, 0) is 29.6 Å². The van der Waals surface area contributed by atoms with E-state index in [2.05, 4.69) is 29.5 Å². The lowest BCUT2D eigenvalue weighted by atomic mass is 10.2. The van der Waals surface area contributed by atoms with Crippen LogP contribution in [-0.4, -0.2) is 15.0 Å². The molecule has 1 aromatic rings. The number of rotatable bonds is 5. The van der Waals surface area contributed by atoms with Crippen LogP contribution in [0, 0.1) is 0 Å². The van der Waals surface area contributed by atoms with E-state index < -0.39 is 10.3 Å². The lowest BCUT2D eigenvalue weighted by Crippen LogP contribution is -2.05. The van der Waals surface area contributed by atoms with E-state index in [9.17, 15) is 8.42 Å². The molecule has 0 saturated carbocycles. The van der Waals surface area contributed by atoms with E-state index in [1.165, 1.54) is 0 Å². The third-order valence-corrected chi connectivity index (χ3v) is 2.88. The maximum atomic E-state index is 10.8. The topological polar surface area (TPSA) is 92.1 Å². The minimum atomic E-state index is -4.12. The Morgan fingerprint density at radius 2 is 2.25 bits per heavy atom. The molecule has 0 atom stereocenters. The Morgan fingerprint density at radius 1 is 1.50 bits per heavy atom. The van der Waals surface area contributed by atoms with Crippen molar-refractivity contribution in [2.75, 3.05) is 6.61 Å². The number of azide groups is 1. The molecule has 6 nitrogen and oxygen atoms in total. The van der Waals surface area contributed by atoms with Gasteiger partial charge in [-0.2, -0.15) is 8.42 Å². The van der Waals surface area contributed by atoms with E-state index in [1.54, 1.807) is 0 Å². The predicted molar refractivity (Wildman–Crippen MR) is 61.9 cm³/mol. The molecule has 0 aliphatic heterocycles. The summed E-state index contributed by atoms with van der Waals surface area (Å²) in [6.45, 7) is -0.0577. The van der Waals surface area contributed by atoms with Gasteiger partial charge in [0.25, 0.3) is 0 Å². The minimum Gasteiger partial charge on any atom is -0.264 e. The van der Waals surface area contributed by atoms with Crippen LogP contribution in [0.2, 0.25) is 0 Å². The summed E-state index contributed by atoms with van der Waals surface area (Å²) in [7, 11) is -4.12. The summed E-state index contributed by atoms with van der Waals surface area (Å²) in [6.07, 6.45) is 0.416. The predicted octanol–water partition coefficient (Wildman–Crippen LogP) is 2.56. The van der Waals surface area contributed by atoms with Crippen molar-refractivity contribution in [3.05, 3.63) is 44.7 Å². The van der Waals surface area contributed by atoms with E-state index in [4.69, 9.17) is 5.53 Å². The summed E-state index contributed by atoms with van der Waals surface area (Å²) in [4.78, 5) is 2.15. The molecule has 0 amide bonds. The van der Waals surface area contributed by atoms with Crippen molar-refractivity contribution in [2.45, 2.75) is 6.42 Å². The van der Waals surface area contributed by atoms with Crippen LogP contribution in [0.3, 0.4) is 0 Å². The molecular formula is C8H8BrN3O3S. The molecule has 0 aromatic heterocycles. The van der Waals surface area contributed by atoms with Crippen molar-refractivity contribution in [3.8, 4) is 0 Å². The maximum Gasteiger partial charge on any atom is 0.358 e. The van der Waals surface area contributed by atoms with Gasteiger partial charge in [-0.1, -0.05) is 28.1 Å². The van der Waals surface area contributed by atoms with Gasteiger partial charge < -0.3 is 0 Å². The van der Waals surface area contributed by atoms with E-state index in [0.717, 1.165) is 10.0 Å². The standard InChI is InChI=1S/C8H8BrN3O3S/c9-8-3-1-2-7(6-8)4-5-15-16(13,14)12-11-10/h1-3,6H,4-5H2. The molecule has 0 N–H and O–H groups in total. The summed E-state index contributed by atoms with van der Waals surface area (Å²) < 4.78 is 29.6. The van der Waals surface area contributed by atoms with Gasteiger partial charge in [-0.25, -0.2) is 0 Å². The van der Waals surface area contributed by atoms with Gasteiger partial charge in [-0.3, -0.25) is 4.18 Å². The fraction of sp³-hybridized carbons (Fsp3) is 0.250. The maximum absolute atomic E-state index is 10.8. The zero-order chi connectivity index (χ0) is 12.0. The third-order valence-electron chi connectivity index (χ3n) is 1.65. The Balaban J connectivity index is 2.51. The van der Waals surface area contributed by atoms with Gasteiger partial charge >= 0.3 is 10.3 Å².